The fourth-order valence-corrected chi connectivity index (χ4v) is 1.68. The van der Waals surface area contributed by atoms with Gasteiger partial charge in [-0.05, 0) is 18.4 Å². The molecule has 1 aromatic rings. The van der Waals surface area contributed by atoms with E-state index < -0.39 is 14.5 Å². The van der Waals surface area contributed by atoms with Crippen LogP contribution in [0.15, 0.2) is 6.20 Å². The first kappa shape index (κ1) is 15.9. The highest BCUT2D eigenvalue weighted by molar-refractivity contribution is 7.29. The van der Waals surface area contributed by atoms with Crippen LogP contribution >= 0.6 is 8.25 Å². The molecule has 19 heavy (non-hydrogen) atoms. The Hall–Kier alpha value is -1.11. The van der Waals surface area contributed by atoms with Gasteiger partial charge in [0.05, 0.1) is 23.8 Å². The Balaban J connectivity index is 0.000000399. The van der Waals surface area contributed by atoms with Gasteiger partial charge in [-0.2, -0.15) is 4.89 Å². The summed E-state index contributed by atoms with van der Waals surface area (Å²) < 4.78 is 19.6. The van der Waals surface area contributed by atoms with Crippen molar-refractivity contribution in [3.05, 3.63) is 23.0 Å². The van der Waals surface area contributed by atoms with E-state index in [9.17, 15) is 5.11 Å². The minimum atomic E-state index is -3.12. The van der Waals surface area contributed by atoms with Gasteiger partial charge in [-0.1, -0.05) is 0 Å². The average Bonchev–Trinajstić information content (AvgIpc) is 2.66. The summed E-state index contributed by atoms with van der Waals surface area (Å²) in [5.41, 5.74) is 2.46. The number of hydrogen-bond acceptors (Lipinski definition) is 5. The lowest BCUT2D eigenvalue weighted by Gasteiger charge is -2.15. The molecule has 106 valence electrons. The number of ether oxygens (including phenoxy) is 2. The number of aromatic hydroxyl groups is 1. The van der Waals surface area contributed by atoms with E-state index in [1.54, 1.807) is 0 Å². The maximum Gasteiger partial charge on any atom is 0.485 e. The molecule has 8 heteroatoms. The fraction of sp³-hybridized carbons (Fsp3) is 0.545. The molecule has 0 aliphatic carbocycles. The van der Waals surface area contributed by atoms with E-state index in [4.69, 9.17) is 23.8 Å². The van der Waals surface area contributed by atoms with Gasteiger partial charge in [-0.3, -0.25) is 0 Å². The zero-order valence-electron chi connectivity index (χ0n) is 10.9. The SMILES string of the molecule is Cc1[nH+]cc2c(c1O)C(OC(C)C)OC2.O=[P+]([O-])O. The summed E-state index contributed by atoms with van der Waals surface area (Å²) in [6.07, 6.45) is 1.49. The van der Waals surface area contributed by atoms with E-state index in [1.165, 1.54) is 0 Å². The number of pyridine rings is 1. The fourth-order valence-electron chi connectivity index (χ4n) is 1.68. The van der Waals surface area contributed by atoms with Crippen LogP contribution in [-0.4, -0.2) is 16.1 Å². The van der Waals surface area contributed by atoms with Gasteiger partial charge < -0.3 is 19.5 Å². The van der Waals surface area contributed by atoms with Crippen LogP contribution in [0.1, 0.15) is 37.0 Å². The van der Waals surface area contributed by atoms with Crippen LogP contribution in [0.3, 0.4) is 0 Å². The molecule has 3 N–H and O–H groups in total. The number of aromatic amines is 1. The Morgan fingerprint density at radius 3 is 2.74 bits per heavy atom. The Labute approximate surface area is 111 Å². The van der Waals surface area contributed by atoms with Crippen molar-refractivity contribution in [2.75, 3.05) is 0 Å². The smallest absolute Gasteiger partial charge is 0.485 e. The van der Waals surface area contributed by atoms with E-state index in [0.29, 0.717) is 6.61 Å². The normalized spacial score (nSPS) is 17.8. The van der Waals surface area contributed by atoms with Gasteiger partial charge in [0.1, 0.15) is 0 Å². The highest BCUT2D eigenvalue weighted by Gasteiger charge is 2.31. The van der Waals surface area contributed by atoms with Gasteiger partial charge in [-0.15, -0.1) is 0 Å². The van der Waals surface area contributed by atoms with E-state index in [-0.39, 0.29) is 11.9 Å². The molecule has 2 rings (SSSR count). The van der Waals surface area contributed by atoms with Crippen LogP contribution in [0.25, 0.3) is 0 Å². The zero-order chi connectivity index (χ0) is 14.6. The van der Waals surface area contributed by atoms with Crippen LogP contribution in [0.2, 0.25) is 0 Å². The molecule has 1 aromatic heterocycles. The molecule has 0 spiro atoms. The van der Waals surface area contributed by atoms with E-state index in [2.05, 4.69) is 4.98 Å². The first-order chi connectivity index (χ1) is 8.82. The van der Waals surface area contributed by atoms with Crippen LogP contribution in [0, 0.1) is 6.92 Å². The first-order valence-electron chi connectivity index (χ1n) is 5.66. The van der Waals surface area contributed by atoms with Crippen LogP contribution in [-0.2, 0) is 20.6 Å². The molecular formula is C11H17NO6P+. The van der Waals surface area contributed by atoms with E-state index >= 15 is 0 Å². The monoisotopic (exact) mass is 290 g/mol. The van der Waals surface area contributed by atoms with Crippen molar-refractivity contribution in [3.8, 4) is 5.75 Å². The summed E-state index contributed by atoms with van der Waals surface area (Å²) in [6, 6.07) is 0. The number of aryl methyl sites for hydroxylation is 1. The number of H-pyrrole nitrogens is 1. The van der Waals surface area contributed by atoms with Crippen LogP contribution < -0.4 is 9.88 Å². The minimum absolute atomic E-state index is 0.0739. The largest absolute Gasteiger partial charge is 0.567 e. The third-order valence-corrected chi connectivity index (χ3v) is 2.44. The van der Waals surface area contributed by atoms with Crippen LogP contribution in [0.4, 0.5) is 0 Å². The second kappa shape index (κ2) is 6.88. The molecule has 1 aliphatic heterocycles. The van der Waals surface area contributed by atoms with Crippen molar-refractivity contribution in [2.45, 2.75) is 39.8 Å². The number of aromatic nitrogens is 1. The average molecular weight is 290 g/mol. The van der Waals surface area contributed by atoms with Gasteiger partial charge in [0.15, 0.2) is 18.2 Å². The molecule has 7 nitrogen and oxygen atoms in total. The predicted octanol–water partition coefficient (Wildman–Crippen LogP) is 0.465. The highest BCUT2D eigenvalue weighted by atomic mass is 31.1. The maximum absolute atomic E-state index is 9.91. The molecular weight excluding hydrogens is 273 g/mol. The lowest BCUT2D eigenvalue weighted by atomic mass is 10.1. The van der Waals surface area contributed by atoms with Gasteiger partial charge in [0.2, 0.25) is 5.69 Å². The minimum Gasteiger partial charge on any atom is -0.567 e. The summed E-state index contributed by atoms with van der Waals surface area (Å²) in [5, 5.41) is 9.91. The number of fused-ring (bicyclic) bond motifs is 1. The molecule has 2 unspecified atom stereocenters. The van der Waals surface area contributed by atoms with Crippen molar-refractivity contribution >= 4 is 8.25 Å². The molecule has 0 aromatic carbocycles. The number of hydrogen-bond donors (Lipinski definition) is 2. The summed E-state index contributed by atoms with van der Waals surface area (Å²) >= 11 is 0. The van der Waals surface area contributed by atoms with Crippen molar-refractivity contribution in [2.24, 2.45) is 0 Å². The Morgan fingerprint density at radius 2 is 2.21 bits per heavy atom. The molecule has 2 heterocycles. The lowest BCUT2D eigenvalue weighted by Crippen LogP contribution is -2.13. The quantitative estimate of drug-likeness (QED) is 0.765. The number of nitrogens with one attached hydrogen (secondary N) is 1. The molecule has 0 saturated carbocycles. The van der Waals surface area contributed by atoms with Crippen molar-refractivity contribution in [3.63, 3.8) is 0 Å². The van der Waals surface area contributed by atoms with E-state index in [0.717, 1.165) is 16.8 Å². The van der Waals surface area contributed by atoms with Gasteiger partial charge >= 0.3 is 8.25 Å². The molecule has 0 saturated heterocycles. The molecule has 0 amide bonds. The topological polar surface area (TPSA) is 113 Å². The molecule has 0 bridgehead atoms. The summed E-state index contributed by atoms with van der Waals surface area (Å²) in [5.74, 6) is 0.246. The Morgan fingerprint density at radius 1 is 1.63 bits per heavy atom. The van der Waals surface area contributed by atoms with Gasteiger partial charge in [-0.25, -0.2) is 4.98 Å². The van der Waals surface area contributed by atoms with Crippen molar-refractivity contribution < 1.29 is 33.9 Å². The third kappa shape index (κ3) is 4.49. The second-order valence-corrected chi connectivity index (χ2v) is 4.74. The predicted molar refractivity (Wildman–Crippen MR) is 63.0 cm³/mol. The molecule has 0 radical (unpaired) electrons. The van der Waals surface area contributed by atoms with Gasteiger partial charge in [0, 0.05) is 6.92 Å². The maximum atomic E-state index is 9.91. The lowest BCUT2D eigenvalue weighted by molar-refractivity contribution is -0.389. The second-order valence-electron chi connectivity index (χ2n) is 4.27. The van der Waals surface area contributed by atoms with E-state index in [1.807, 2.05) is 27.0 Å². The molecule has 2 atom stereocenters. The number of rotatable bonds is 2. The highest BCUT2D eigenvalue weighted by Crippen LogP contribution is 2.38. The third-order valence-electron chi connectivity index (χ3n) is 2.44. The Bertz CT molecular complexity index is 461. The molecule has 0 fully saturated rings. The first-order valence-corrected chi connectivity index (χ1v) is 6.79. The van der Waals surface area contributed by atoms with Crippen LogP contribution in [0.5, 0.6) is 5.75 Å². The summed E-state index contributed by atoms with van der Waals surface area (Å²) in [6.45, 7) is 6.19. The standard InChI is InChI=1S/C11H15NO3.HO3P/c1-6(2)15-11-9-8(5-14-11)4-12-7(3)10(9)13;1-4(2)3/h4,6,11,13H,5H2,1-3H3;(H,1,2,3)/p+1. The van der Waals surface area contributed by atoms with Crippen molar-refractivity contribution in [1.82, 2.24) is 0 Å². The van der Waals surface area contributed by atoms with Gasteiger partial charge in [0.25, 0.3) is 0 Å². The Kier molecular flexibility index (Phi) is 5.78. The van der Waals surface area contributed by atoms with Crippen molar-refractivity contribution in [1.29, 1.82) is 0 Å². The summed E-state index contributed by atoms with van der Waals surface area (Å²) in [4.78, 5) is 18.6. The summed E-state index contributed by atoms with van der Waals surface area (Å²) in [7, 11) is -3.12. The zero-order valence-corrected chi connectivity index (χ0v) is 11.8. The molecule has 1 aliphatic rings.